The maximum Gasteiger partial charge on any atom is 0.240 e. The number of halogens is 1. The molecule has 4 nitrogen and oxygen atoms in total. The molecule has 0 radical (unpaired) electrons. The molecule has 0 atom stereocenters. The molecule has 17 heavy (non-hydrogen) atoms. The third-order valence-electron chi connectivity index (χ3n) is 2.99. The Morgan fingerprint density at radius 3 is 2.88 bits per heavy atom. The highest BCUT2D eigenvalue weighted by atomic mass is 35.5. The Hall–Kier alpha value is -1.26. The normalized spacial score (nSPS) is 15.5. The summed E-state index contributed by atoms with van der Waals surface area (Å²) in [6, 6.07) is 5.61. The molecule has 5 heteroatoms. The summed E-state index contributed by atoms with van der Waals surface area (Å²) in [5.41, 5.74) is 7.32. The van der Waals surface area contributed by atoms with Crippen LogP contribution in [0, 0.1) is 0 Å². The Morgan fingerprint density at radius 2 is 2.18 bits per heavy atom. The number of nitrogens with two attached hydrogens (primary N) is 1. The van der Waals surface area contributed by atoms with Gasteiger partial charge in [0.2, 0.25) is 5.91 Å². The molecule has 1 amide bonds. The van der Waals surface area contributed by atoms with Crippen LogP contribution in [0.1, 0.15) is 6.42 Å². The van der Waals surface area contributed by atoms with Gasteiger partial charge in [-0.1, -0.05) is 11.6 Å². The number of carbonyl (C=O) groups is 1. The van der Waals surface area contributed by atoms with Gasteiger partial charge in [-0.2, -0.15) is 0 Å². The average Bonchev–Trinajstić information content (AvgIpc) is 2.48. The molecule has 0 bridgehead atoms. The second-order valence-electron chi connectivity index (χ2n) is 4.16. The first-order chi connectivity index (χ1) is 8.13. The van der Waals surface area contributed by atoms with E-state index in [1.807, 2.05) is 25.2 Å². The van der Waals surface area contributed by atoms with Crippen molar-refractivity contribution in [3.8, 4) is 0 Å². The van der Waals surface area contributed by atoms with E-state index in [1.54, 1.807) is 4.90 Å². The molecule has 0 aliphatic carbocycles. The zero-order chi connectivity index (χ0) is 12.4. The van der Waals surface area contributed by atoms with E-state index in [9.17, 15) is 4.79 Å². The molecule has 1 aliphatic heterocycles. The van der Waals surface area contributed by atoms with Crippen molar-refractivity contribution in [1.29, 1.82) is 0 Å². The van der Waals surface area contributed by atoms with Crippen LogP contribution < -0.4 is 15.5 Å². The van der Waals surface area contributed by atoms with Gasteiger partial charge >= 0.3 is 0 Å². The SMILES string of the molecule is CN1CCCN(C(=O)CN)c2cc(Cl)ccc21. The zero-order valence-electron chi connectivity index (χ0n) is 9.82. The minimum absolute atomic E-state index is 0.0235. The van der Waals surface area contributed by atoms with Gasteiger partial charge in [-0.25, -0.2) is 0 Å². The fraction of sp³-hybridized carbons (Fsp3) is 0.417. The van der Waals surface area contributed by atoms with E-state index in [0.29, 0.717) is 11.6 Å². The number of benzene rings is 1. The molecule has 1 aromatic rings. The van der Waals surface area contributed by atoms with Crippen LogP contribution in [0.2, 0.25) is 5.02 Å². The Bertz CT molecular complexity index is 436. The highest BCUT2D eigenvalue weighted by molar-refractivity contribution is 6.31. The van der Waals surface area contributed by atoms with Gasteiger partial charge in [0, 0.05) is 25.2 Å². The molecule has 0 saturated carbocycles. The third kappa shape index (κ3) is 2.37. The minimum Gasteiger partial charge on any atom is -0.373 e. The Labute approximate surface area is 106 Å². The van der Waals surface area contributed by atoms with E-state index < -0.39 is 0 Å². The Kier molecular flexibility index (Phi) is 3.54. The molecule has 1 aliphatic rings. The van der Waals surface area contributed by atoms with Crippen molar-refractivity contribution in [2.75, 3.05) is 36.5 Å². The first-order valence-electron chi connectivity index (χ1n) is 5.64. The summed E-state index contributed by atoms with van der Waals surface area (Å²) in [4.78, 5) is 15.7. The van der Waals surface area contributed by atoms with Crippen LogP contribution in [0.4, 0.5) is 11.4 Å². The lowest BCUT2D eigenvalue weighted by Crippen LogP contribution is -2.36. The molecule has 0 unspecified atom stereocenters. The fourth-order valence-electron chi connectivity index (χ4n) is 2.11. The molecule has 2 rings (SSSR count). The van der Waals surface area contributed by atoms with Crippen molar-refractivity contribution >= 4 is 28.9 Å². The summed E-state index contributed by atoms with van der Waals surface area (Å²) in [5.74, 6) is -0.0659. The Balaban J connectivity index is 2.48. The maximum atomic E-state index is 11.8. The lowest BCUT2D eigenvalue weighted by atomic mass is 10.2. The highest BCUT2D eigenvalue weighted by Gasteiger charge is 2.22. The number of amides is 1. The van der Waals surface area contributed by atoms with E-state index in [-0.39, 0.29) is 12.5 Å². The first-order valence-corrected chi connectivity index (χ1v) is 6.02. The second kappa shape index (κ2) is 4.94. The molecule has 0 spiro atoms. The quantitative estimate of drug-likeness (QED) is 0.825. The molecule has 0 saturated heterocycles. The number of fused-ring (bicyclic) bond motifs is 1. The molecule has 1 heterocycles. The predicted molar refractivity (Wildman–Crippen MR) is 70.7 cm³/mol. The number of rotatable bonds is 1. The minimum atomic E-state index is -0.0659. The number of hydrogen-bond acceptors (Lipinski definition) is 3. The summed E-state index contributed by atoms with van der Waals surface area (Å²) >= 11 is 6.00. The molecule has 1 aromatic carbocycles. The average molecular weight is 254 g/mol. The van der Waals surface area contributed by atoms with Gasteiger partial charge in [0.05, 0.1) is 17.9 Å². The summed E-state index contributed by atoms with van der Waals surface area (Å²) in [5, 5.41) is 0.633. The first kappa shape index (κ1) is 12.2. The van der Waals surface area contributed by atoms with Gasteiger partial charge in [-0.05, 0) is 24.6 Å². The topological polar surface area (TPSA) is 49.6 Å². The van der Waals surface area contributed by atoms with Crippen LogP contribution in [0.5, 0.6) is 0 Å². The van der Waals surface area contributed by atoms with Gasteiger partial charge in [0.1, 0.15) is 0 Å². The molecular weight excluding hydrogens is 238 g/mol. The van der Waals surface area contributed by atoms with Crippen molar-refractivity contribution in [1.82, 2.24) is 0 Å². The van der Waals surface area contributed by atoms with Crippen molar-refractivity contribution < 1.29 is 4.79 Å². The predicted octanol–water partition coefficient (Wildman–Crippen LogP) is 1.47. The molecule has 92 valence electrons. The summed E-state index contributed by atoms with van der Waals surface area (Å²) in [6.45, 7) is 1.63. The van der Waals surface area contributed by atoms with Gasteiger partial charge in [-0.15, -0.1) is 0 Å². The molecule has 0 fully saturated rings. The van der Waals surface area contributed by atoms with Crippen molar-refractivity contribution in [3.05, 3.63) is 23.2 Å². The van der Waals surface area contributed by atoms with E-state index in [4.69, 9.17) is 17.3 Å². The second-order valence-corrected chi connectivity index (χ2v) is 4.59. The van der Waals surface area contributed by atoms with Crippen molar-refractivity contribution in [2.45, 2.75) is 6.42 Å². The standard InChI is InChI=1S/C12H16ClN3O/c1-15-5-2-6-16(12(17)8-14)11-7-9(13)3-4-10(11)15/h3-4,7H,2,5-6,8,14H2,1H3. The summed E-state index contributed by atoms with van der Waals surface area (Å²) in [7, 11) is 2.02. The number of nitrogens with zero attached hydrogens (tertiary/aromatic N) is 2. The van der Waals surface area contributed by atoms with Gasteiger partial charge < -0.3 is 15.5 Å². The van der Waals surface area contributed by atoms with Crippen LogP contribution in [-0.4, -0.2) is 32.6 Å². The molecule has 2 N–H and O–H groups in total. The van der Waals surface area contributed by atoms with Gasteiger partial charge in [-0.3, -0.25) is 4.79 Å². The summed E-state index contributed by atoms with van der Waals surface area (Å²) < 4.78 is 0. The van der Waals surface area contributed by atoms with Crippen molar-refractivity contribution in [2.24, 2.45) is 5.73 Å². The van der Waals surface area contributed by atoms with Gasteiger partial charge in [0.15, 0.2) is 0 Å². The number of anilines is 2. The molecule has 0 aromatic heterocycles. The lowest BCUT2D eigenvalue weighted by molar-refractivity contribution is -0.117. The monoisotopic (exact) mass is 253 g/mol. The van der Waals surface area contributed by atoms with Crippen LogP contribution in [-0.2, 0) is 4.79 Å². The smallest absolute Gasteiger partial charge is 0.240 e. The summed E-state index contributed by atoms with van der Waals surface area (Å²) in [6.07, 6.45) is 0.925. The zero-order valence-corrected chi connectivity index (χ0v) is 10.6. The van der Waals surface area contributed by atoms with Crippen LogP contribution in [0.15, 0.2) is 18.2 Å². The van der Waals surface area contributed by atoms with E-state index in [1.165, 1.54) is 0 Å². The van der Waals surface area contributed by atoms with E-state index in [2.05, 4.69) is 4.90 Å². The van der Waals surface area contributed by atoms with Gasteiger partial charge in [0.25, 0.3) is 0 Å². The van der Waals surface area contributed by atoms with Crippen molar-refractivity contribution in [3.63, 3.8) is 0 Å². The number of carbonyl (C=O) groups excluding carboxylic acids is 1. The third-order valence-corrected chi connectivity index (χ3v) is 3.23. The largest absolute Gasteiger partial charge is 0.373 e. The lowest BCUT2D eigenvalue weighted by Gasteiger charge is -2.24. The fourth-order valence-corrected chi connectivity index (χ4v) is 2.28. The van der Waals surface area contributed by atoms with E-state index in [0.717, 1.165) is 24.3 Å². The molecular formula is C12H16ClN3O. The van der Waals surface area contributed by atoms with Crippen LogP contribution in [0.3, 0.4) is 0 Å². The maximum absolute atomic E-state index is 11.8. The highest BCUT2D eigenvalue weighted by Crippen LogP contribution is 2.33. The van der Waals surface area contributed by atoms with Crippen LogP contribution in [0.25, 0.3) is 0 Å². The number of hydrogen-bond donors (Lipinski definition) is 1. The Morgan fingerprint density at radius 1 is 1.41 bits per heavy atom. The van der Waals surface area contributed by atoms with E-state index >= 15 is 0 Å². The van der Waals surface area contributed by atoms with Crippen LogP contribution >= 0.6 is 11.6 Å².